The summed E-state index contributed by atoms with van der Waals surface area (Å²) in [6.45, 7) is 0. The zero-order chi connectivity index (χ0) is 17.5. The molecule has 0 saturated carbocycles. The third kappa shape index (κ3) is 5.20. The maximum atomic E-state index is 12.1. The van der Waals surface area contributed by atoms with Crippen molar-refractivity contribution in [2.75, 3.05) is 18.2 Å². The average molecular weight is 347 g/mol. The summed E-state index contributed by atoms with van der Waals surface area (Å²) in [5.74, 6) is -0.775. The van der Waals surface area contributed by atoms with Gasteiger partial charge in [-0.25, -0.2) is 4.79 Å². The fourth-order valence-corrected chi connectivity index (χ4v) is 3.07. The van der Waals surface area contributed by atoms with Crippen LogP contribution in [0.5, 0.6) is 5.75 Å². The van der Waals surface area contributed by atoms with Crippen LogP contribution in [0.25, 0.3) is 0 Å². The number of anilines is 1. The van der Waals surface area contributed by atoms with Crippen LogP contribution in [0.15, 0.2) is 48.5 Å². The maximum absolute atomic E-state index is 12.1. The van der Waals surface area contributed by atoms with Crippen LogP contribution in [0.4, 0.5) is 5.69 Å². The van der Waals surface area contributed by atoms with E-state index in [1.165, 1.54) is 12.1 Å². The van der Waals surface area contributed by atoms with Gasteiger partial charge >= 0.3 is 5.97 Å². The van der Waals surface area contributed by atoms with Gasteiger partial charge in [-0.05, 0) is 42.0 Å². The Hall–Kier alpha value is -2.67. The maximum Gasteiger partial charge on any atom is 0.335 e. The predicted octanol–water partition coefficient (Wildman–Crippen LogP) is 2.28. The normalized spacial score (nSPS) is 11.5. The highest BCUT2D eigenvalue weighted by Crippen LogP contribution is 2.15. The Bertz CT molecular complexity index is 758. The molecule has 2 N–H and O–H groups in total. The fourth-order valence-electron chi connectivity index (χ4n) is 2.05. The van der Waals surface area contributed by atoms with Crippen molar-refractivity contribution in [3.05, 3.63) is 59.7 Å². The van der Waals surface area contributed by atoms with Gasteiger partial charge in [0.1, 0.15) is 11.5 Å². The van der Waals surface area contributed by atoms with E-state index in [2.05, 4.69) is 5.32 Å². The van der Waals surface area contributed by atoms with Gasteiger partial charge in [0.05, 0.1) is 12.7 Å². The number of rotatable bonds is 7. The second-order valence-electron chi connectivity index (χ2n) is 5.01. The number of aromatic carboxylic acids is 1. The summed E-state index contributed by atoms with van der Waals surface area (Å²) in [6.07, 6.45) is 0. The molecule has 0 aromatic heterocycles. The summed E-state index contributed by atoms with van der Waals surface area (Å²) in [5.41, 5.74) is 1.34. The minimum absolute atomic E-state index is 0.122. The Morgan fingerprint density at radius 3 is 2.50 bits per heavy atom. The largest absolute Gasteiger partial charge is 0.497 e. The van der Waals surface area contributed by atoms with E-state index in [9.17, 15) is 13.8 Å². The number of hydrogen-bond donors (Lipinski definition) is 2. The highest BCUT2D eigenvalue weighted by Gasteiger charge is 2.11. The standard InChI is InChI=1S/C17H17NO5S/c1-23-15-7-5-14(6-8-15)18-16(19)11-24(22)10-12-3-2-4-13(9-12)17(20)21/h2-9H,10-11H2,1H3,(H,18,19)(H,20,21). The number of hydrogen-bond acceptors (Lipinski definition) is 4. The van der Waals surface area contributed by atoms with Crippen LogP contribution in [0, 0.1) is 0 Å². The van der Waals surface area contributed by atoms with Gasteiger partial charge in [0, 0.05) is 22.2 Å². The first-order valence-corrected chi connectivity index (χ1v) is 8.58. The lowest BCUT2D eigenvalue weighted by atomic mass is 10.1. The quantitative estimate of drug-likeness (QED) is 0.801. The van der Waals surface area contributed by atoms with E-state index in [0.29, 0.717) is 17.0 Å². The zero-order valence-electron chi connectivity index (χ0n) is 13.0. The first kappa shape index (κ1) is 17.7. The van der Waals surface area contributed by atoms with Crippen LogP contribution in [-0.2, 0) is 21.3 Å². The molecule has 2 aromatic rings. The molecule has 0 aliphatic rings. The second-order valence-corrected chi connectivity index (χ2v) is 6.47. The summed E-state index contributed by atoms with van der Waals surface area (Å²) in [4.78, 5) is 22.8. The van der Waals surface area contributed by atoms with Crippen molar-refractivity contribution >= 4 is 28.4 Å². The van der Waals surface area contributed by atoms with E-state index in [-0.39, 0.29) is 23.0 Å². The monoisotopic (exact) mass is 347 g/mol. The molecule has 0 fully saturated rings. The minimum atomic E-state index is -1.43. The first-order chi connectivity index (χ1) is 11.5. The van der Waals surface area contributed by atoms with E-state index in [0.717, 1.165) is 0 Å². The number of carboxylic acid groups (broad SMARTS) is 1. The number of nitrogens with one attached hydrogen (secondary N) is 1. The first-order valence-electron chi connectivity index (χ1n) is 7.09. The molecule has 0 bridgehead atoms. The molecule has 1 unspecified atom stereocenters. The Morgan fingerprint density at radius 2 is 1.88 bits per heavy atom. The zero-order valence-corrected chi connectivity index (χ0v) is 13.8. The number of amides is 1. The highest BCUT2D eigenvalue weighted by atomic mass is 32.2. The summed E-state index contributed by atoms with van der Waals surface area (Å²) in [6, 6.07) is 13.0. The van der Waals surface area contributed by atoms with Crippen molar-refractivity contribution in [3.63, 3.8) is 0 Å². The number of carbonyl (C=O) groups is 2. The molecule has 126 valence electrons. The molecule has 7 heteroatoms. The highest BCUT2D eigenvalue weighted by molar-refractivity contribution is 7.84. The number of carboxylic acids is 1. The van der Waals surface area contributed by atoms with Gasteiger partial charge in [0.25, 0.3) is 0 Å². The summed E-state index contributed by atoms with van der Waals surface area (Å²) >= 11 is 0. The molecule has 2 aromatic carbocycles. The van der Waals surface area contributed by atoms with Gasteiger partial charge in [0.2, 0.25) is 5.91 Å². The fraction of sp³-hybridized carbons (Fsp3) is 0.176. The van der Waals surface area contributed by atoms with Crippen LogP contribution in [0.2, 0.25) is 0 Å². The number of benzene rings is 2. The molecule has 24 heavy (non-hydrogen) atoms. The van der Waals surface area contributed by atoms with Crippen molar-refractivity contribution in [2.45, 2.75) is 5.75 Å². The minimum Gasteiger partial charge on any atom is -0.497 e. The lowest BCUT2D eigenvalue weighted by molar-refractivity contribution is -0.113. The van der Waals surface area contributed by atoms with Crippen LogP contribution < -0.4 is 10.1 Å². The van der Waals surface area contributed by atoms with Gasteiger partial charge in [-0.3, -0.25) is 9.00 Å². The van der Waals surface area contributed by atoms with Gasteiger partial charge in [-0.1, -0.05) is 12.1 Å². The van der Waals surface area contributed by atoms with Crippen LogP contribution in [-0.4, -0.2) is 34.1 Å². The SMILES string of the molecule is COc1ccc(NC(=O)CS(=O)Cc2cccc(C(=O)O)c2)cc1. The Kier molecular flexibility index (Phi) is 6.08. The molecule has 2 rings (SSSR count). The van der Waals surface area contributed by atoms with Crippen LogP contribution in [0.3, 0.4) is 0 Å². The molecular weight excluding hydrogens is 330 g/mol. The summed E-state index contributed by atoms with van der Waals surface area (Å²) in [5, 5.41) is 11.6. The smallest absolute Gasteiger partial charge is 0.335 e. The molecular formula is C17H17NO5S. The molecule has 0 aliphatic heterocycles. The number of carbonyl (C=O) groups excluding carboxylic acids is 1. The topological polar surface area (TPSA) is 92.7 Å². The Balaban J connectivity index is 1.90. The third-order valence-corrected chi connectivity index (χ3v) is 4.41. The van der Waals surface area contributed by atoms with Crippen molar-refractivity contribution in [1.29, 1.82) is 0 Å². The molecule has 1 atom stereocenters. The van der Waals surface area contributed by atoms with E-state index in [4.69, 9.17) is 9.84 Å². The Morgan fingerprint density at radius 1 is 1.17 bits per heavy atom. The molecule has 6 nitrogen and oxygen atoms in total. The van der Waals surface area contributed by atoms with E-state index < -0.39 is 16.8 Å². The van der Waals surface area contributed by atoms with Crippen molar-refractivity contribution in [3.8, 4) is 5.75 Å². The third-order valence-electron chi connectivity index (χ3n) is 3.17. The van der Waals surface area contributed by atoms with Crippen LogP contribution >= 0.6 is 0 Å². The van der Waals surface area contributed by atoms with Gasteiger partial charge in [0.15, 0.2) is 0 Å². The molecule has 0 radical (unpaired) electrons. The second kappa shape index (κ2) is 8.26. The van der Waals surface area contributed by atoms with Crippen LogP contribution in [0.1, 0.15) is 15.9 Å². The summed E-state index contributed by atoms with van der Waals surface area (Å²) in [7, 11) is 0.120. The van der Waals surface area contributed by atoms with Crippen molar-refractivity contribution in [1.82, 2.24) is 0 Å². The molecule has 0 saturated heterocycles. The lowest BCUT2D eigenvalue weighted by Gasteiger charge is -2.07. The van der Waals surface area contributed by atoms with E-state index in [1.54, 1.807) is 43.5 Å². The van der Waals surface area contributed by atoms with Crippen molar-refractivity contribution < 1.29 is 23.6 Å². The molecule has 1 amide bonds. The molecule has 0 spiro atoms. The average Bonchev–Trinajstić information content (AvgIpc) is 2.55. The Labute approximate surface area is 141 Å². The lowest BCUT2D eigenvalue weighted by Crippen LogP contribution is -2.20. The van der Waals surface area contributed by atoms with Gasteiger partial charge < -0.3 is 15.2 Å². The number of methoxy groups -OCH3 is 1. The van der Waals surface area contributed by atoms with Crippen molar-refractivity contribution in [2.24, 2.45) is 0 Å². The van der Waals surface area contributed by atoms with Gasteiger partial charge in [-0.2, -0.15) is 0 Å². The van der Waals surface area contributed by atoms with E-state index in [1.807, 2.05) is 0 Å². The van der Waals surface area contributed by atoms with Gasteiger partial charge in [-0.15, -0.1) is 0 Å². The number of ether oxygens (including phenoxy) is 1. The summed E-state index contributed by atoms with van der Waals surface area (Å²) < 4.78 is 17.1. The predicted molar refractivity (Wildman–Crippen MR) is 91.7 cm³/mol. The molecule has 0 aliphatic carbocycles. The molecule has 0 heterocycles. The van der Waals surface area contributed by atoms with E-state index >= 15 is 0 Å².